The average molecular weight is 458 g/mol. The lowest BCUT2D eigenvalue weighted by Crippen LogP contribution is -2.42. The van der Waals surface area contributed by atoms with Gasteiger partial charge in [0.05, 0.1) is 5.75 Å². The van der Waals surface area contributed by atoms with Gasteiger partial charge in [-0.05, 0) is 24.3 Å². The summed E-state index contributed by atoms with van der Waals surface area (Å²) >= 11 is 1.74. The van der Waals surface area contributed by atoms with Gasteiger partial charge in [-0.25, -0.2) is 12.7 Å². The Morgan fingerprint density at radius 1 is 1.41 bits per heavy atom. The number of nitrogens with zero attached hydrogens (tertiary/aromatic N) is 2. The van der Waals surface area contributed by atoms with Crippen molar-refractivity contribution in [2.45, 2.75) is 12.8 Å². The third-order valence-corrected chi connectivity index (χ3v) is 6.22. The maximum atomic E-state index is 11.7. The zero-order chi connectivity index (χ0) is 15.1. The summed E-state index contributed by atoms with van der Waals surface area (Å²) in [4.78, 5) is 5.47. The molecule has 0 saturated carbocycles. The van der Waals surface area contributed by atoms with Crippen molar-refractivity contribution in [1.82, 2.24) is 14.9 Å². The minimum Gasteiger partial charge on any atom is -0.356 e. The molecule has 0 unspecified atom stereocenters. The predicted molar refractivity (Wildman–Crippen MR) is 103 cm³/mol. The van der Waals surface area contributed by atoms with Gasteiger partial charge in [-0.3, -0.25) is 4.99 Å². The summed E-state index contributed by atoms with van der Waals surface area (Å²) in [6, 6.07) is 4.16. The number of halogens is 1. The van der Waals surface area contributed by atoms with Crippen LogP contribution in [-0.2, 0) is 16.4 Å². The first kappa shape index (κ1) is 19.7. The zero-order valence-corrected chi connectivity index (χ0v) is 16.6. The largest absolute Gasteiger partial charge is 0.356 e. The quantitative estimate of drug-likeness (QED) is 0.381. The SMILES string of the molecule is CN=C(NCCc1cccs1)NCCN1CCCS1(=O)=O.I. The Labute approximate surface area is 153 Å². The van der Waals surface area contributed by atoms with Gasteiger partial charge in [0.1, 0.15) is 0 Å². The van der Waals surface area contributed by atoms with Gasteiger partial charge in [0.15, 0.2) is 5.96 Å². The molecule has 0 aliphatic carbocycles. The van der Waals surface area contributed by atoms with Crippen LogP contribution in [0.5, 0.6) is 0 Å². The van der Waals surface area contributed by atoms with E-state index >= 15 is 0 Å². The molecule has 2 N–H and O–H groups in total. The Kier molecular flexibility index (Phi) is 8.65. The average Bonchev–Trinajstić information content (AvgIpc) is 3.07. The van der Waals surface area contributed by atoms with Crippen LogP contribution in [0.15, 0.2) is 22.5 Å². The number of thiophene rings is 1. The van der Waals surface area contributed by atoms with E-state index in [2.05, 4.69) is 27.1 Å². The van der Waals surface area contributed by atoms with Gasteiger partial charge in [0.2, 0.25) is 10.0 Å². The van der Waals surface area contributed by atoms with E-state index in [0.29, 0.717) is 25.6 Å². The van der Waals surface area contributed by atoms with Crippen LogP contribution < -0.4 is 10.6 Å². The second kappa shape index (κ2) is 9.68. The molecule has 0 bridgehead atoms. The minimum atomic E-state index is -3.00. The molecular formula is C13H23IN4O2S2. The fraction of sp³-hybridized carbons (Fsp3) is 0.615. The highest BCUT2D eigenvalue weighted by Crippen LogP contribution is 2.11. The van der Waals surface area contributed by atoms with Crippen LogP contribution in [0, 0.1) is 0 Å². The molecule has 1 aromatic heterocycles. The number of rotatable bonds is 6. The molecule has 2 rings (SSSR count). The van der Waals surface area contributed by atoms with Crippen molar-refractivity contribution in [2.75, 3.05) is 39.0 Å². The van der Waals surface area contributed by atoms with Crippen LogP contribution in [0.1, 0.15) is 11.3 Å². The van der Waals surface area contributed by atoms with E-state index in [1.165, 1.54) is 4.88 Å². The van der Waals surface area contributed by atoms with E-state index in [0.717, 1.165) is 19.4 Å². The van der Waals surface area contributed by atoms with Crippen LogP contribution >= 0.6 is 35.3 Å². The Balaban J connectivity index is 0.00000242. The molecule has 126 valence electrons. The van der Waals surface area contributed by atoms with Crippen LogP contribution in [0.2, 0.25) is 0 Å². The molecular weight excluding hydrogens is 435 g/mol. The van der Waals surface area contributed by atoms with Crippen molar-refractivity contribution in [2.24, 2.45) is 4.99 Å². The number of sulfonamides is 1. The Morgan fingerprint density at radius 2 is 2.18 bits per heavy atom. The molecule has 1 saturated heterocycles. The molecule has 1 aliphatic heterocycles. The Bertz CT molecular complexity index is 561. The lowest BCUT2D eigenvalue weighted by atomic mass is 10.3. The first-order chi connectivity index (χ1) is 10.1. The van der Waals surface area contributed by atoms with Crippen molar-refractivity contribution in [3.8, 4) is 0 Å². The molecule has 0 aromatic carbocycles. The second-order valence-corrected chi connectivity index (χ2v) is 7.94. The second-order valence-electron chi connectivity index (χ2n) is 4.82. The predicted octanol–water partition coefficient (Wildman–Crippen LogP) is 1.11. The number of nitrogens with one attached hydrogen (secondary N) is 2. The van der Waals surface area contributed by atoms with Crippen molar-refractivity contribution in [3.63, 3.8) is 0 Å². The monoisotopic (exact) mass is 458 g/mol. The van der Waals surface area contributed by atoms with Gasteiger partial charge in [-0.1, -0.05) is 6.07 Å². The third-order valence-electron chi connectivity index (χ3n) is 3.32. The molecule has 1 aliphatic rings. The molecule has 2 heterocycles. The summed E-state index contributed by atoms with van der Waals surface area (Å²) in [6.45, 7) is 2.50. The number of guanidine groups is 1. The van der Waals surface area contributed by atoms with E-state index in [4.69, 9.17) is 0 Å². The minimum absolute atomic E-state index is 0. The Morgan fingerprint density at radius 3 is 2.77 bits per heavy atom. The maximum Gasteiger partial charge on any atom is 0.214 e. The highest BCUT2D eigenvalue weighted by atomic mass is 127. The molecule has 6 nitrogen and oxygen atoms in total. The van der Waals surface area contributed by atoms with E-state index < -0.39 is 10.0 Å². The van der Waals surface area contributed by atoms with E-state index in [1.54, 1.807) is 22.7 Å². The highest BCUT2D eigenvalue weighted by Gasteiger charge is 2.27. The van der Waals surface area contributed by atoms with Crippen LogP contribution in [0.3, 0.4) is 0 Å². The summed E-state index contributed by atoms with van der Waals surface area (Å²) in [7, 11) is -1.29. The molecule has 0 amide bonds. The fourth-order valence-corrected chi connectivity index (χ4v) is 4.46. The van der Waals surface area contributed by atoms with Crippen molar-refractivity contribution in [3.05, 3.63) is 22.4 Å². The highest BCUT2D eigenvalue weighted by molar-refractivity contribution is 14.0. The molecule has 1 aromatic rings. The van der Waals surface area contributed by atoms with Crippen molar-refractivity contribution in [1.29, 1.82) is 0 Å². The fourth-order valence-electron chi connectivity index (χ4n) is 2.22. The van der Waals surface area contributed by atoms with Crippen LogP contribution in [0.4, 0.5) is 0 Å². The molecule has 1 fully saturated rings. The summed E-state index contributed by atoms with van der Waals surface area (Å²) in [5.74, 6) is 0.990. The number of hydrogen-bond acceptors (Lipinski definition) is 4. The molecule has 22 heavy (non-hydrogen) atoms. The van der Waals surface area contributed by atoms with E-state index in [1.807, 2.05) is 6.07 Å². The first-order valence-electron chi connectivity index (χ1n) is 7.06. The lowest BCUT2D eigenvalue weighted by Gasteiger charge is -2.16. The zero-order valence-electron chi connectivity index (χ0n) is 12.6. The molecule has 9 heteroatoms. The first-order valence-corrected chi connectivity index (χ1v) is 9.55. The summed E-state index contributed by atoms with van der Waals surface area (Å²) in [6.07, 6.45) is 1.69. The van der Waals surface area contributed by atoms with Crippen molar-refractivity contribution < 1.29 is 8.42 Å². The lowest BCUT2D eigenvalue weighted by molar-refractivity contribution is 0.445. The van der Waals surface area contributed by atoms with E-state index in [9.17, 15) is 8.42 Å². The molecule has 0 atom stereocenters. The normalized spacial score (nSPS) is 18.0. The third kappa shape index (κ3) is 6.01. The van der Waals surface area contributed by atoms with Gasteiger partial charge in [-0.15, -0.1) is 35.3 Å². The van der Waals surface area contributed by atoms with Gasteiger partial charge in [0.25, 0.3) is 0 Å². The van der Waals surface area contributed by atoms with Gasteiger partial charge in [-0.2, -0.15) is 0 Å². The topological polar surface area (TPSA) is 73.8 Å². The molecule has 0 radical (unpaired) electrons. The van der Waals surface area contributed by atoms with Crippen LogP contribution in [-0.4, -0.2) is 57.7 Å². The number of hydrogen-bond donors (Lipinski definition) is 2. The van der Waals surface area contributed by atoms with Crippen molar-refractivity contribution >= 4 is 51.3 Å². The Hall–Kier alpha value is -0.390. The standard InChI is InChI=1S/C13H22N4O2S2.HI/c1-14-13(15-6-5-12-4-2-10-20-12)16-7-9-17-8-3-11-21(17,18)19;/h2,4,10H,3,5-9,11H2,1H3,(H2,14,15,16);1H. The summed E-state index contributed by atoms with van der Waals surface area (Å²) in [5, 5.41) is 8.45. The smallest absolute Gasteiger partial charge is 0.214 e. The van der Waals surface area contributed by atoms with Gasteiger partial charge >= 0.3 is 0 Å². The maximum absolute atomic E-state index is 11.7. The van der Waals surface area contributed by atoms with Gasteiger partial charge in [0, 0.05) is 38.1 Å². The summed E-state index contributed by atoms with van der Waals surface area (Å²) < 4.78 is 24.9. The molecule has 0 spiro atoms. The van der Waals surface area contributed by atoms with Gasteiger partial charge < -0.3 is 10.6 Å². The van der Waals surface area contributed by atoms with E-state index in [-0.39, 0.29) is 29.7 Å². The summed E-state index contributed by atoms with van der Waals surface area (Å²) in [5.41, 5.74) is 0. The number of aliphatic imine (C=N–C) groups is 1. The van der Waals surface area contributed by atoms with Crippen LogP contribution in [0.25, 0.3) is 0 Å².